The lowest BCUT2D eigenvalue weighted by Gasteiger charge is -2.27. The fourth-order valence-corrected chi connectivity index (χ4v) is 3.97. The van der Waals surface area contributed by atoms with E-state index in [4.69, 9.17) is 4.74 Å². The minimum Gasteiger partial charge on any atom is -0.378 e. The standard InChI is InChI=1S/C25H28N8O2/c1-3-33-16-21-24(31-33)30-22(15-26-21)28-17(2)18-5-4-6-20(13-18)29-25(34)19-7-8-23(27-14-19)32-9-11-35-12-10-32/h4-8,13-17H,3,9-12H2,1-2H3,(H,29,34)(H,28,30,31)/t17-/m0/s1. The number of nitrogens with one attached hydrogen (secondary N) is 2. The van der Waals surface area contributed by atoms with Gasteiger partial charge in [-0.1, -0.05) is 12.1 Å². The monoisotopic (exact) mass is 472 g/mol. The molecule has 0 aliphatic carbocycles. The summed E-state index contributed by atoms with van der Waals surface area (Å²) >= 11 is 0. The number of aryl methyl sites for hydroxylation is 1. The van der Waals surface area contributed by atoms with Gasteiger partial charge in [0.25, 0.3) is 5.91 Å². The molecule has 2 N–H and O–H groups in total. The van der Waals surface area contributed by atoms with Crippen molar-refractivity contribution in [3.05, 3.63) is 66.1 Å². The van der Waals surface area contributed by atoms with Gasteiger partial charge in [-0.25, -0.2) is 15.0 Å². The second-order valence-corrected chi connectivity index (χ2v) is 8.40. The summed E-state index contributed by atoms with van der Waals surface area (Å²) in [7, 11) is 0. The van der Waals surface area contributed by atoms with Crippen LogP contribution in [0.1, 0.15) is 35.8 Å². The van der Waals surface area contributed by atoms with Crippen molar-refractivity contribution in [2.75, 3.05) is 41.8 Å². The summed E-state index contributed by atoms with van der Waals surface area (Å²) < 4.78 is 7.20. The van der Waals surface area contributed by atoms with E-state index in [1.807, 2.05) is 55.1 Å². The quantitative estimate of drug-likeness (QED) is 0.421. The number of ether oxygens (including phenoxy) is 1. The van der Waals surface area contributed by atoms with Crippen LogP contribution in [-0.4, -0.2) is 56.9 Å². The number of carbonyl (C=O) groups is 1. The zero-order valence-corrected chi connectivity index (χ0v) is 19.8. The van der Waals surface area contributed by atoms with E-state index in [-0.39, 0.29) is 11.9 Å². The first-order valence-electron chi connectivity index (χ1n) is 11.8. The lowest BCUT2D eigenvalue weighted by Crippen LogP contribution is -2.36. The Morgan fingerprint density at radius 2 is 2.00 bits per heavy atom. The summed E-state index contributed by atoms with van der Waals surface area (Å²) in [6, 6.07) is 11.4. The Morgan fingerprint density at radius 3 is 2.77 bits per heavy atom. The van der Waals surface area contributed by atoms with Crippen LogP contribution in [0.15, 0.2) is 55.0 Å². The van der Waals surface area contributed by atoms with Gasteiger partial charge in [0.15, 0.2) is 0 Å². The summed E-state index contributed by atoms with van der Waals surface area (Å²) in [5.74, 6) is 1.30. The first-order chi connectivity index (χ1) is 17.1. The van der Waals surface area contributed by atoms with E-state index in [9.17, 15) is 4.79 Å². The molecule has 0 bridgehead atoms. The van der Waals surface area contributed by atoms with Crippen molar-refractivity contribution in [1.29, 1.82) is 0 Å². The molecule has 1 fully saturated rings. The fraction of sp³-hybridized carbons (Fsp3) is 0.320. The third-order valence-corrected chi connectivity index (χ3v) is 5.95. The molecule has 4 heterocycles. The van der Waals surface area contributed by atoms with Gasteiger partial charge in [0.1, 0.15) is 17.2 Å². The zero-order valence-electron chi connectivity index (χ0n) is 19.8. The van der Waals surface area contributed by atoms with Crippen molar-refractivity contribution < 1.29 is 9.53 Å². The van der Waals surface area contributed by atoms with Crippen LogP contribution in [0.5, 0.6) is 0 Å². The number of anilines is 3. The molecule has 10 heteroatoms. The second-order valence-electron chi connectivity index (χ2n) is 8.40. The highest BCUT2D eigenvalue weighted by Crippen LogP contribution is 2.22. The number of hydrogen-bond acceptors (Lipinski definition) is 8. The van der Waals surface area contributed by atoms with E-state index in [1.165, 1.54) is 0 Å². The van der Waals surface area contributed by atoms with Gasteiger partial charge in [-0.2, -0.15) is 5.10 Å². The Kier molecular flexibility index (Phi) is 6.53. The third kappa shape index (κ3) is 5.22. The lowest BCUT2D eigenvalue weighted by atomic mass is 10.1. The van der Waals surface area contributed by atoms with Crippen LogP contribution in [-0.2, 0) is 11.3 Å². The van der Waals surface area contributed by atoms with Gasteiger partial charge in [-0.3, -0.25) is 9.48 Å². The number of benzene rings is 1. The molecule has 1 atom stereocenters. The van der Waals surface area contributed by atoms with Crippen molar-refractivity contribution in [2.24, 2.45) is 0 Å². The number of carbonyl (C=O) groups excluding carboxylic acids is 1. The zero-order chi connectivity index (χ0) is 24.2. The molecule has 180 valence electrons. The number of hydrogen-bond donors (Lipinski definition) is 2. The van der Waals surface area contributed by atoms with Crippen molar-refractivity contribution in [1.82, 2.24) is 24.7 Å². The normalized spacial score (nSPS) is 14.6. The predicted molar refractivity (Wildman–Crippen MR) is 135 cm³/mol. The molecule has 0 spiro atoms. The molecular weight excluding hydrogens is 444 g/mol. The molecule has 0 saturated carbocycles. The summed E-state index contributed by atoms with van der Waals surface area (Å²) in [4.78, 5) is 28.4. The number of morpholine rings is 1. The molecule has 10 nitrogen and oxygen atoms in total. The number of pyridine rings is 1. The lowest BCUT2D eigenvalue weighted by molar-refractivity contribution is 0.102. The molecule has 3 aromatic heterocycles. The number of rotatable bonds is 7. The highest BCUT2D eigenvalue weighted by molar-refractivity contribution is 6.04. The molecule has 35 heavy (non-hydrogen) atoms. The molecule has 1 aliphatic heterocycles. The minimum absolute atomic E-state index is 0.0543. The van der Waals surface area contributed by atoms with E-state index in [0.29, 0.717) is 35.9 Å². The van der Waals surface area contributed by atoms with Gasteiger partial charge in [0.05, 0.1) is 37.2 Å². The Bertz CT molecular complexity index is 1310. The maximum atomic E-state index is 12.8. The molecule has 1 aromatic carbocycles. The SMILES string of the molecule is CCn1cc2ncc(N[C@@H](C)c3cccc(NC(=O)c4ccc(N5CCOCC5)nc4)c3)nc2n1. The highest BCUT2D eigenvalue weighted by atomic mass is 16.5. The smallest absolute Gasteiger partial charge is 0.257 e. The van der Waals surface area contributed by atoms with E-state index < -0.39 is 0 Å². The largest absolute Gasteiger partial charge is 0.378 e. The summed E-state index contributed by atoms with van der Waals surface area (Å²) in [6.45, 7) is 7.82. The van der Waals surface area contributed by atoms with Crippen LogP contribution in [0.2, 0.25) is 0 Å². The van der Waals surface area contributed by atoms with Crippen molar-refractivity contribution in [3.8, 4) is 0 Å². The van der Waals surface area contributed by atoms with Gasteiger partial charge in [-0.15, -0.1) is 0 Å². The van der Waals surface area contributed by atoms with Crippen LogP contribution in [0.25, 0.3) is 11.2 Å². The Labute approximate surface area is 203 Å². The topological polar surface area (TPSA) is 110 Å². The molecule has 4 aromatic rings. The van der Waals surface area contributed by atoms with E-state index in [0.717, 1.165) is 36.5 Å². The van der Waals surface area contributed by atoms with E-state index >= 15 is 0 Å². The number of fused-ring (bicyclic) bond motifs is 1. The van der Waals surface area contributed by atoms with Gasteiger partial charge >= 0.3 is 0 Å². The predicted octanol–water partition coefficient (Wildman–Crippen LogP) is 3.50. The van der Waals surface area contributed by atoms with Crippen molar-refractivity contribution in [3.63, 3.8) is 0 Å². The van der Waals surface area contributed by atoms with Crippen LogP contribution >= 0.6 is 0 Å². The van der Waals surface area contributed by atoms with Crippen LogP contribution < -0.4 is 15.5 Å². The number of amides is 1. The van der Waals surface area contributed by atoms with Crippen LogP contribution in [0.4, 0.5) is 17.3 Å². The van der Waals surface area contributed by atoms with Gasteiger partial charge in [-0.05, 0) is 43.7 Å². The van der Waals surface area contributed by atoms with Crippen LogP contribution in [0, 0.1) is 0 Å². The average Bonchev–Trinajstić information content (AvgIpc) is 3.32. The molecule has 1 aliphatic rings. The second kappa shape index (κ2) is 10.1. The summed E-state index contributed by atoms with van der Waals surface area (Å²) in [5, 5.41) is 10.8. The average molecular weight is 473 g/mol. The highest BCUT2D eigenvalue weighted by Gasteiger charge is 2.14. The van der Waals surface area contributed by atoms with Crippen molar-refractivity contribution >= 4 is 34.4 Å². The maximum absolute atomic E-state index is 12.8. The third-order valence-electron chi connectivity index (χ3n) is 5.95. The molecule has 1 saturated heterocycles. The molecule has 5 rings (SSSR count). The fourth-order valence-electron chi connectivity index (χ4n) is 3.97. The first kappa shape index (κ1) is 22.7. The first-order valence-corrected chi connectivity index (χ1v) is 11.8. The Hall–Kier alpha value is -4.05. The minimum atomic E-state index is -0.202. The van der Waals surface area contributed by atoms with Gasteiger partial charge in [0, 0.05) is 31.5 Å². The Balaban J connectivity index is 1.24. The molecule has 0 radical (unpaired) electrons. The summed E-state index contributed by atoms with van der Waals surface area (Å²) in [6.07, 6.45) is 5.20. The molecule has 1 amide bonds. The van der Waals surface area contributed by atoms with E-state index in [2.05, 4.69) is 35.6 Å². The van der Waals surface area contributed by atoms with Gasteiger partial charge < -0.3 is 20.3 Å². The number of nitrogens with zero attached hydrogens (tertiary/aromatic N) is 6. The van der Waals surface area contributed by atoms with E-state index in [1.54, 1.807) is 18.5 Å². The number of aromatic nitrogens is 5. The van der Waals surface area contributed by atoms with Gasteiger partial charge in [0.2, 0.25) is 5.65 Å². The van der Waals surface area contributed by atoms with Crippen molar-refractivity contribution in [2.45, 2.75) is 26.4 Å². The summed E-state index contributed by atoms with van der Waals surface area (Å²) in [5.41, 5.74) is 3.60. The maximum Gasteiger partial charge on any atom is 0.257 e. The van der Waals surface area contributed by atoms with Crippen LogP contribution in [0.3, 0.4) is 0 Å². The molecule has 0 unspecified atom stereocenters. The molecular formula is C25H28N8O2. The Morgan fingerprint density at radius 1 is 1.14 bits per heavy atom.